The number of aromatic nitrogens is 1. The summed E-state index contributed by atoms with van der Waals surface area (Å²) in [6, 6.07) is 15.9. The van der Waals surface area contributed by atoms with Gasteiger partial charge in [-0.1, -0.05) is 47.7 Å². The normalized spacial score (nSPS) is 15.0. The largest absolute Gasteiger partial charge is 0.494 e. The minimum Gasteiger partial charge on any atom is -0.494 e. The number of rotatable bonds is 7. The molecule has 2 aromatic carbocycles. The van der Waals surface area contributed by atoms with Gasteiger partial charge < -0.3 is 15.0 Å². The zero-order valence-electron chi connectivity index (χ0n) is 17.1. The first kappa shape index (κ1) is 20.4. The number of para-hydroxylation sites is 1. The Hall–Kier alpha value is -2.90. The summed E-state index contributed by atoms with van der Waals surface area (Å²) in [6.07, 6.45) is 3.43. The summed E-state index contributed by atoms with van der Waals surface area (Å²) in [5.74, 6) is 0.770. The lowest BCUT2D eigenvalue weighted by Crippen LogP contribution is -2.48. The van der Waals surface area contributed by atoms with Crippen LogP contribution in [0.15, 0.2) is 54.6 Å². The summed E-state index contributed by atoms with van der Waals surface area (Å²) in [4.78, 5) is 21.5. The monoisotopic (exact) mass is 422 g/mol. The Kier molecular flexibility index (Phi) is 6.61. The van der Waals surface area contributed by atoms with Gasteiger partial charge in [0.05, 0.1) is 11.8 Å². The Labute approximate surface area is 180 Å². The van der Waals surface area contributed by atoms with Gasteiger partial charge in [-0.05, 0) is 23.8 Å². The lowest BCUT2D eigenvalue weighted by Gasteiger charge is -2.34. The van der Waals surface area contributed by atoms with Gasteiger partial charge in [0.25, 0.3) is 0 Å². The van der Waals surface area contributed by atoms with E-state index >= 15 is 0 Å². The number of benzene rings is 2. The summed E-state index contributed by atoms with van der Waals surface area (Å²) in [6.45, 7) is 5.29. The molecule has 0 spiro atoms. The molecule has 1 saturated heterocycles. The standard InChI is InChI=1S/C23H26N4O2S/c1-29-19-8-5-9-20-22(19)25-23(30-20)27-16-14-26(15-17-27)13-12-24-21(28)11-10-18-6-3-2-4-7-18/h2-11H,12-17H2,1H3,(H,24,28)/b11-10+. The van der Waals surface area contributed by atoms with Gasteiger partial charge in [-0.2, -0.15) is 0 Å². The van der Waals surface area contributed by atoms with Crippen LogP contribution in [0.25, 0.3) is 16.3 Å². The molecule has 1 aromatic heterocycles. The Morgan fingerprint density at radius 2 is 1.93 bits per heavy atom. The van der Waals surface area contributed by atoms with E-state index in [9.17, 15) is 4.79 Å². The number of hydrogen-bond acceptors (Lipinski definition) is 6. The van der Waals surface area contributed by atoms with Crippen molar-refractivity contribution < 1.29 is 9.53 Å². The van der Waals surface area contributed by atoms with Crippen LogP contribution in [0.2, 0.25) is 0 Å². The maximum atomic E-state index is 12.0. The summed E-state index contributed by atoms with van der Waals surface area (Å²) < 4.78 is 6.58. The van der Waals surface area contributed by atoms with Gasteiger partial charge in [-0.15, -0.1) is 0 Å². The van der Waals surface area contributed by atoms with Crippen molar-refractivity contribution in [2.45, 2.75) is 0 Å². The van der Waals surface area contributed by atoms with E-state index in [1.54, 1.807) is 24.5 Å². The predicted octanol–water partition coefficient (Wildman–Crippen LogP) is 3.26. The highest BCUT2D eigenvalue weighted by atomic mass is 32.1. The highest BCUT2D eigenvalue weighted by Crippen LogP contribution is 2.34. The third-order valence-corrected chi connectivity index (χ3v) is 6.27. The van der Waals surface area contributed by atoms with E-state index in [4.69, 9.17) is 9.72 Å². The van der Waals surface area contributed by atoms with E-state index in [1.807, 2.05) is 48.5 Å². The quantitative estimate of drug-likeness (QED) is 0.593. The zero-order valence-corrected chi connectivity index (χ0v) is 17.9. The molecule has 0 radical (unpaired) electrons. The van der Waals surface area contributed by atoms with Gasteiger partial charge >= 0.3 is 0 Å². The second-order valence-electron chi connectivity index (χ2n) is 7.17. The average molecular weight is 423 g/mol. The number of thiazole rings is 1. The summed E-state index contributed by atoms with van der Waals surface area (Å²) in [5.41, 5.74) is 1.96. The molecule has 1 aliphatic heterocycles. The first-order valence-corrected chi connectivity index (χ1v) is 11.0. The molecule has 1 N–H and O–H groups in total. The molecule has 30 heavy (non-hydrogen) atoms. The highest BCUT2D eigenvalue weighted by Gasteiger charge is 2.20. The molecule has 2 heterocycles. The van der Waals surface area contributed by atoms with Crippen LogP contribution in [-0.4, -0.2) is 62.2 Å². The number of nitrogens with zero attached hydrogens (tertiary/aromatic N) is 3. The number of carbonyl (C=O) groups is 1. The van der Waals surface area contributed by atoms with E-state index in [1.165, 1.54) is 0 Å². The molecule has 6 nitrogen and oxygen atoms in total. The van der Waals surface area contributed by atoms with Crippen molar-refractivity contribution in [3.05, 3.63) is 60.2 Å². The van der Waals surface area contributed by atoms with Crippen molar-refractivity contribution in [2.75, 3.05) is 51.3 Å². The fourth-order valence-electron chi connectivity index (χ4n) is 3.51. The van der Waals surface area contributed by atoms with Gasteiger partial charge in [0.1, 0.15) is 11.3 Å². The van der Waals surface area contributed by atoms with Crippen molar-refractivity contribution in [3.63, 3.8) is 0 Å². The SMILES string of the molecule is COc1cccc2sc(N3CCN(CCNC(=O)/C=C/c4ccccc4)CC3)nc12. The number of hydrogen-bond donors (Lipinski definition) is 1. The second kappa shape index (κ2) is 9.73. The third-order valence-electron chi connectivity index (χ3n) is 5.19. The minimum atomic E-state index is -0.0547. The lowest BCUT2D eigenvalue weighted by atomic mass is 10.2. The van der Waals surface area contributed by atoms with E-state index in [0.29, 0.717) is 6.54 Å². The Bertz CT molecular complexity index is 1010. The molecule has 4 rings (SSSR count). The predicted molar refractivity (Wildman–Crippen MR) is 123 cm³/mol. The van der Waals surface area contributed by atoms with Crippen LogP contribution in [-0.2, 0) is 4.79 Å². The molecular formula is C23H26N4O2S. The van der Waals surface area contributed by atoms with Crippen molar-refractivity contribution in [1.82, 2.24) is 15.2 Å². The van der Waals surface area contributed by atoms with E-state index < -0.39 is 0 Å². The molecule has 1 amide bonds. The first-order chi connectivity index (χ1) is 14.7. The molecule has 3 aromatic rings. The minimum absolute atomic E-state index is 0.0547. The van der Waals surface area contributed by atoms with Crippen molar-refractivity contribution in [2.24, 2.45) is 0 Å². The molecule has 1 fully saturated rings. The maximum Gasteiger partial charge on any atom is 0.244 e. The molecular weight excluding hydrogens is 396 g/mol. The number of ether oxygens (including phenoxy) is 1. The van der Waals surface area contributed by atoms with Gasteiger partial charge in [-0.25, -0.2) is 4.98 Å². The van der Waals surface area contributed by atoms with Crippen molar-refractivity contribution >= 4 is 38.7 Å². The molecule has 0 saturated carbocycles. The molecule has 0 atom stereocenters. The van der Waals surface area contributed by atoms with E-state index in [2.05, 4.69) is 21.2 Å². The van der Waals surface area contributed by atoms with Crippen LogP contribution in [0.4, 0.5) is 5.13 Å². The smallest absolute Gasteiger partial charge is 0.244 e. The first-order valence-electron chi connectivity index (χ1n) is 10.1. The zero-order chi connectivity index (χ0) is 20.8. The number of piperazine rings is 1. The van der Waals surface area contributed by atoms with Crippen LogP contribution in [0, 0.1) is 0 Å². The van der Waals surface area contributed by atoms with Gasteiger partial charge in [0, 0.05) is 45.3 Å². The van der Waals surface area contributed by atoms with Crippen LogP contribution in [0.5, 0.6) is 5.75 Å². The van der Waals surface area contributed by atoms with Crippen LogP contribution in [0.3, 0.4) is 0 Å². The summed E-state index contributed by atoms with van der Waals surface area (Å²) >= 11 is 1.71. The molecule has 7 heteroatoms. The van der Waals surface area contributed by atoms with Crippen molar-refractivity contribution in [3.8, 4) is 5.75 Å². The fraction of sp³-hybridized carbons (Fsp3) is 0.304. The molecule has 0 aliphatic carbocycles. The number of fused-ring (bicyclic) bond motifs is 1. The maximum absolute atomic E-state index is 12.0. The molecule has 156 valence electrons. The average Bonchev–Trinajstić information content (AvgIpc) is 3.23. The Morgan fingerprint density at radius 3 is 2.70 bits per heavy atom. The Balaban J connectivity index is 1.22. The fourth-order valence-corrected chi connectivity index (χ4v) is 4.54. The van der Waals surface area contributed by atoms with Gasteiger partial charge in [0.15, 0.2) is 5.13 Å². The Morgan fingerprint density at radius 1 is 1.13 bits per heavy atom. The van der Waals surface area contributed by atoms with Crippen LogP contribution in [0.1, 0.15) is 5.56 Å². The summed E-state index contributed by atoms with van der Waals surface area (Å²) in [7, 11) is 1.68. The number of methoxy groups -OCH3 is 1. The van der Waals surface area contributed by atoms with Crippen molar-refractivity contribution in [1.29, 1.82) is 0 Å². The number of anilines is 1. The van der Waals surface area contributed by atoms with Crippen LogP contribution < -0.4 is 15.0 Å². The number of carbonyl (C=O) groups excluding carboxylic acids is 1. The highest BCUT2D eigenvalue weighted by molar-refractivity contribution is 7.22. The second-order valence-corrected chi connectivity index (χ2v) is 8.18. The molecule has 0 bridgehead atoms. The lowest BCUT2D eigenvalue weighted by molar-refractivity contribution is -0.116. The third kappa shape index (κ3) is 4.98. The van der Waals surface area contributed by atoms with Crippen LogP contribution >= 0.6 is 11.3 Å². The van der Waals surface area contributed by atoms with E-state index in [-0.39, 0.29) is 5.91 Å². The van der Waals surface area contributed by atoms with E-state index in [0.717, 1.165) is 59.4 Å². The molecule has 1 aliphatic rings. The topological polar surface area (TPSA) is 57.7 Å². The molecule has 0 unspecified atom stereocenters. The van der Waals surface area contributed by atoms with Gasteiger partial charge in [0.2, 0.25) is 5.91 Å². The number of nitrogens with one attached hydrogen (secondary N) is 1. The van der Waals surface area contributed by atoms with Gasteiger partial charge in [-0.3, -0.25) is 9.69 Å². The number of amides is 1. The summed E-state index contributed by atoms with van der Waals surface area (Å²) in [5, 5.41) is 4.02.